The summed E-state index contributed by atoms with van der Waals surface area (Å²) in [6.45, 7) is 4.68. The number of fused-ring (bicyclic) bond motifs is 1. The largest absolute Gasteiger partial charge is 0.534 e. The zero-order chi connectivity index (χ0) is 21.5. The van der Waals surface area contributed by atoms with E-state index in [1.54, 1.807) is 26.8 Å². The standard InChI is InChI=1S/C17H15F4NO5S/c1-16(2,3)15(23)26-12-4-5-13(27-28(24,25)17(19,20)21)14-9(8-22)6-10(18)7-11(12)14/h5-7,12H,4H2,1-3H3/t12-/m1/s1. The maximum Gasteiger partial charge on any atom is 0.534 e. The zero-order valence-corrected chi connectivity index (χ0v) is 15.7. The van der Waals surface area contributed by atoms with Crippen LogP contribution in [0.25, 0.3) is 5.76 Å². The van der Waals surface area contributed by atoms with Gasteiger partial charge in [-0.2, -0.15) is 26.9 Å². The summed E-state index contributed by atoms with van der Waals surface area (Å²) in [5.74, 6) is -2.37. The van der Waals surface area contributed by atoms with Crippen molar-refractivity contribution in [3.63, 3.8) is 0 Å². The Morgan fingerprint density at radius 3 is 2.36 bits per heavy atom. The summed E-state index contributed by atoms with van der Waals surface area (Å²) in [6.07, 6.45) is -0.456. The summed E-state index contributed by atoms with van der Waals surface area (Å²) in [6, 6.07) is 3.14. The van der Waals surface area contributed by atoms with Crippen LogP contribution in [0.1, 0.15) is 50.0 Å². The normalized spacial score (nSPS) is 17.2. The lowest BCUT2D eigenvalue weighted by Gasteiger charge is -2.28. The van der Waals surface area contributed by atoms with E-state index in [-0.39, 0.29) is 17.5 Å². The first-order valence-corrected chi connectivity index (χ1v) is 9.24. The predicted octanol–water partition coefficient (Wildman–Crippen LogP) is 3.94. The van der Waals surface area contributed by atoms with Gasteiger partial charge < -0.3 is 8.92 Å². The van der Waals surface area contributed by atoms with Crippen LogP contribution in [-0.2, 0) is 23.8 Å². The van der Waals surface area contributed by atoms with Crippen LogP contribution in [-0.4, -0.2) is 19.9 Å². The smallest absolute Gasteiger partial charge is 0.457 e. The van der Waals surface area contributed by atoms with E-state index in [1.165, 1.54) is 0 Å². The van der Waals surface area contributed by atoms with Gasteiger partial charge in [-0.1, -0.05) is 0 Å². The number of carbonyl (C=O) groups is 1. The molecule has 0 spiro atoms. The first-order chi connectivity index (χ1) is 12.7. The molecule has 0 saturated carbocycles. The summed E-state index contributed by atoms with van der Waals surface area (Å²) in [4.78, 5) is 12.1. The molecule has 1 aromatic carbocycles. The second kappa shape index (κ2) is 7.09. The van der Waals surface area contributed by atoms with Gasteiger partial charge in [0.15, 0.2) is 0 Å². The Labute approximate surface area is 158 Å². The van der Waals surface area contributed by atoms with Crippen LogP contribution < -0.4 is 0 Å². The fraction of sp³-hybridized carbons (Fsp3) is 0.412. The molecule has 0 aliphatic heterocycles. The number of nitrogens with zero attached hydrogens (tertiary/aromatic N) is 1. The number of rotatable bonds is 3. The number of nitriles is 1. The molecule has 1 aromatic rings. The van der Waals surface area contributed by atoms with Crippen molar-refractivity contribution < 1.29 is 39.7 Å². The lowest BCUT2D eigenvalue weighted by Crippen LogP contribution is -2.28. The van der Waals surface area contributed by atoms with E-state index in [4.69, 9.17) is 4.74 Å². The summed E-state index contributed by atoms with van der Waals surface area (Å²) in [7, 11) is -6.02. The van der Waals surface area contributed by atoms with Gasteiger partial charge in [-0.15, -0.1) is 0 Å². The Balaban J connectivity index is 2.56. The highest BCUT2D eigenvalue weighted by molar-refractivity contribution is 7.87. The van der Waals surface area contributed by atoms with Crippen molar-refractivity contribution in [2.45, 2.75) is 38.8 Å². The fourth-order valence-electron chi connectivity index (χ4n) is 2.35. The molecule has 1 atom stereocenters. The molecule has 11 heteroatoms. The average molecular weight is 421 g/mol. The summed E-state index contributed by atoms with van der Waals surface area (Å²) < 4.78 is 84.0. The number of esters is 1. The Bertz CT molecular complexity index is 985. The number of ether oxygens (including phenoxy) is 1. The van der Waals surface area contributed by atoms with Crippen molar-refractivity contribution in [2.75, 3.05) is 0 Å². The van der Waals surface area contributed by atoms with Gasteiger partial charge in [-0.3, -0.25) is 4.79 Å². The van der Waals surface area contributed by atoms with Crippen molar-refractivity contribution >= 4 is 21.8 Å². The van der Waals surface area contributed by atoms with Crippen LogP contribution >= 0.6 is 0 Å². The fourth-order valence-corrected chi connectivity index (χ4v) is 2.83. The van der Waals surface area contributed by atoms with Crippen molar-refractivity contribution in [1.29, 1.82) is 5.26 Å². The molecular weight excluding hydrogens is 406 g/mol. The molecule has 0 unspecified atom stereocenters. The third-order valence-electron chi connectivity index (χ3n) is 3.71. The van der Waals surface area contributed by atoms with Gasteiger partial charge >= 0.3 is 21.6 Å². The van der Waals surface area contributed by atoms with Gasteiger partial charge in [0.1, 0.15) is 23.7 Å². The zero-order valence-electron chi connectivity index (χ0n) is 14.9. The van der Waals surface area contributed by atoms with Crippen LogP contribution in [0.15, 0.2) is 18.2 Å². The SMILES string of the molecule is CC(C)(C)C(=O)O[C@@H]1CC=C(OS(=O)(=O)C(F)(F)F)c2c(C#N)cc(F)cc21. The molecule has 0 fully saturated rings. The number of hydrogen-bond acceptors (Lipinski definition) is 6. The quantitative estimate of drug-likeness (QED) is 0.318. The van der Waals surface area contributed by atoms with Gasteiger partial charge in [0.05, 0.1) is 11.0 Å². The number of alkyl halides is 3. The maximum atomic E-state index is 13.9. The van der Waals surface area contributed by atoms with E-state index in [0.29, 0.717) is 6.07 Å². The van der Waals surface area contributed by atoms with Crippen molar-refractivity contribution in [2.24, 2.45) is 5.41 Å². The Morgan fingerprint density at radius 2 is 1.86 bits per heavy atom. The summed E-state index contributed by atoms with van der Waals surface area (Å²) in [5, 5.41) is 9.21. The van der Waals surface area contributed by atoms with Crippen molar-refractivity contribution in [1.82, 2.24) is 0 Å². The van der Waals surface area contributed by atoms with E-state index in [9.17, 15) is 36.0 Å². The van der Waals surface area contributed by atoms with Crippen LogP contribution in [0.4, 0.5) is 17.6 Å². The second-order valence-electron chi connectivity index (χ2n) is 6.96. The van der Waals surface area contributed by atoms with Crippen LogP contribution in [0.5, 0.6) is 0 Å². The summed E-state index contributed by atoms with van der Waals surface area (Å²) in [5.41, 5.74) is -7.63. The average Bonchev–Trinajstić information content (AvgIpc) is 2.53. The molecule has 0 saturated heterocycles. The highest BCUT2D eigenvalue weighted by Crippen LogP contribution is 2.41. The molecule has 6 nitrogen and oxygen atoms in total. The molecule has 2 rings (SSSR count). The number of halogens is 4. The van der Waals surface area contributed by atoms with Gasteiger partial charge in [0, 0.05) is 17.5 Å². The third kappa shape index (κ3) is 4.27. The maximum absolute atomic E-state index is 13.9. The van der Waals surface area contributed by atoms with Gasteiger partial charge in [0.2, 0.25) is 0 Å². The van der Waals surface area contributed by atoms with E-state index < -0.39 is 50.3 Å². The second-order valence-corrected chi connectivity index (χ2v) is 8.50. The number of benzene rings is 1. The van der Waals surface area contributed by atoms with Gasteiger partial charge in [-0.25, -0.2) is 4.39 Å². The summed E-state index contributed by atoms with van der Waals surface area (Å²) >= 11 is 0. The topological polar surface area (TPSA) is 93.5 Å². The molecule has 152 valence electrons. The molecule has 1 aliphatic carbocycles. The lowest BCUT2D eigenvalue weighted by atomic mass is 9.89. The minimum Gasteiger partial charge on any atom is -0.457 e. The Hall–Kier alpha value is -2.61. The van der Waals surface area contributed by atoms with E-state index in [1.807, 2.05) is 0 Å². The first kappa shape index (κ1) is 21.7. The lowest BCUT2D eigenvalue weighted by molar-refractivity contribution is -0.159. The van der Waals surface area contributed by atoms with Gasteiger partial charge in [-0.05, 0) is 39.0 Å². The Kier molecular flexibility index (Phi) is 5.49. The van der Waals surface area contributed by atoms with E-state index in [2.05, 4.69) is 4.18 Å². The van der Waals surface area contributed by atoms with Crippen molar-refractivity contribution in [3.05, 3.63) is 40.7 Å². The third-order valence-corrected chi connectivity index (χ3v) is 4.68. The van der Waals surface area contributed by atoms with E-state index in [0.717, 1.165) is 12.1 Å². The first-order valence-electron chi connectivity index (χ1n) is 7.83. The Morgan fingerprint density at radius 1 is 1.25 bits per heavy atom. The molecular formula is C17H15F4NO5S. The molecule has 28 heavy (non-hydrogen) atoms. The molecule has 1 aliphatic rings. The molecule has 0 N–H and O–H groups in total. The highest BCUT2D eigenvalue weighted by atomic mass is 32.2. The highest BCUT2D eigenvalue weighted by Gasteiger charge is 2.49. The molecule has 0 heterocycles. The minimum atomic E-state index is -6.02. The molecule has 0 amide bonds. The molecule has 0 aromatic heterocycles. The number of hydrogen-bond donors (Lipinski definition) is 0. The number of carbonyl (C=O) groups excluding carboxylic acids is 1. The minimum absolute atomic E-state index is 0.163. The van der Waals surface area contributed by atoms with Crippen LogP contribution in [0.3, 0.4) is 0 Å². The van der Waals surface area contributed by atoms with Gasteiger partial charge in [0.25, 0.3) is 0 Å². The molecule has 0 bridgehead atoms. The predicted molar refractivity (Wildman–Crippen MR) is 88.1 cm³/mol. The van der Waals surface area contributed by atoms with E-state index >= 15 is 0 Å². The van der Waals surface area contributed by atoms with Crippen molar-refractivity contribution in [3.8, 4) is 6.07 Å². The molecule has 0 radical (unpaired) electrons. The van der Waals surface area contributed by atoms with Crippen LogP contribution in [0, 0.1) is 22.6 Å². The monoisotopic (exact) mass is 421 g/mol. The van der Waals surface area contributed by atoms with Crippen LogP contribution in [0.2, 0.25) is 0 Å².